The summed E-state index contributed by atoms with van der Waals surface area (Å²) in [6.45, 7) is 1.50. The first kappa shape index (κ1) is 18.6. The van der Waals surface area contributed by atoms with Crippen molar-refractivity contribution < 1.29 is 32.6 Å². The van der Waals surface area contributed by atoms with Crippen LogP contribution in [-0.4, -0.2) is 45.1 Å². The summed E-state index contributed by atoms with van der Waals surface area (Å²) < 4.78 is 46.2. The van der Waals surface area contributed by atoms with E-state index in [4.69, 9.17) is 4.74 Å². The lowest BCUT2D eigenvalue weighted by atomic mass is 9.97. The summed E-state index contributed by atoms with van der Waals surface area (Å²) in [7, 11) is 0. The van der Waals surface area contributed by atoms with Gasteiger partial charge in [0.25, 0.3) is 0 Å². The fraction of sp³-hybridized carbons (Fsp3) is 0.250. The summed E-state index contributed by atoms with van der Waals surface area (Å²) in [5.41, 5.74) is -3.39. The Morgan fingerprint density at radius 3 is 2.56 bits per heavy atom. The van der Waals surface area contributed by atoms with E-state index in [0.29, 0.717) is 0 Å². The van der Waals surface area contributed by atoms with Gasteiger partial charge in [0, 0.05) is 5.56 Å². The Hall–Kier alpha value is -3.21. The van der Waals surface area contributed by atoms with Gasteiger partial charge in [-0.25, -0.2) is 9.48 Å². The number of hydrazone groups is 1. The molecule has 2 heterocycles. The third kappa shape index (κ3) is 2.85. The number of ketones is 1. The van der Waals surface area contributed by atoms with Crippen LogP contribution in [-0.2, 0) is 10.5 Å². The van der Waals surface area contributed by atoms with Crippen molar-refractivity contribution in [3.8, 4) is 0 Å². The number of anilines is 1. The van der Waals surface area contributed by atoms with Crippen molar-refractivity contribution in [2.45, 2.75) is 18.8 Å². The zero-order valence-corrected chi connectivity index (χ0v) is 13.8. The number of alkyl halides is 3. The number of nitrogens with zero attached hydrogens (tertiary/aromatic N) is 3. The first-order valence-electron chi connectivity index (χ1n) is 7.70. The summed E-state index contributed by atoms with van der Waals surface area (Å²) in [5, 5.41) is 17.4. The molecule has 0 fully saturated rings. The number of nitrogens with one attached hydrogen (secondary N) is 1. The van der Waals surface area contributed by atoms with Gasteiger partial charge in [0.15, 0.2) is 11.5 Å². The second-order valence-corrected chi connectivity index (χ2v) is 5.48. The SMILES string of the molecule is CCOC(=O)c1cnn2c1NN=C(C(=O)c1ccccc1)C2(O)C(F)(F)F. The number of fused-ring (bicyclic) bond motifs is 1. The highest BCUT2D eigenvalue weighted by molar-refractivity contribution is 6.48. The van der Waals surface area contributed by atoms with Gasteiger partial charge in [-0.1, -0.05) is 30.3 Å². The molecule has 0 radical (unpaired) electrons. The van der Waals surface area contributed by atoms with Gasteiger partial charge in [-0.05, 0) is 6.92 Å². The molecule has 0 bridgehead atoms. The van der Waals surface area contributed by atoms with E-state index in [9.17, 15) is 27.9 Å². The van der Waals surface area contributed by atoms with Crippen molar-refractivity contribution in [3.05, 3.63) is 47.7 Å². The Bertz CT molecular complexity index is 923. The number of halogens is 3. The largest absolute Gasteiger partial charge is 0.462 e. The average Bonchev–Trinajstić information content (AvgIpc) is 3.07. The van der Waals surface area contributed by atoms with Crippen molar-refractivity contribution in [2.75, 3.05) is 12.0 Å². The Morgan fingerprint density at radius 1 is 1.30 bits per heavy atom. The first-order valence-corrected chi connectivity index (χ1v) is 7.70. The van der Waals surface area contributed by atoms with Gasteiger partial charge in [0.1, 0.15) is 5.56 Å². The lowest BCUT2D eigenvalue weighted by molar-refractivity contribution is -0.267. The number of esters is 1. The van der Waals surface area contributed by atoms with E-state index < -0.39 is 35.2 Å². The third-order valence-corrected chi connectivity index (χ3v) is 3.82. The van der Waals surface area contributed by atoms with Gasteiger partial charge in [-0.3, -0.25) is 10.2 Å². The molecular weight excluding hydrogens is 369 g/mol. The molecule has 1 aromatic heterocycles. The number of hydrogen-bond acceptors (Lipinski definition) is 7. The Labute approximate surface area is 150 Å². The molecule has 2 aromatic rings. The monoisotopic (exact) mass is 382 g/mol. The van der Waals surface area contributed by atoms with Crippen molar-refractivity contribution in [1.82, 2.24) is 9.78 Å². The van der Waals surface area contributed by atoms with Crippen LogP contribution in [0, 0.1) is 0 Å². The number of carbonyl (C=O) groups excluding carboxylic acids is 2. The van der Waals surface area contributed by atoms with Gasteiger partial charge in [-0.2, -0.15) is 23.4 Å². The number of carbonyl (C=O) groups is 2. The molecule has 3 rings (SSSR count). The Kier molecular flexibility index (Phi) is 4.47. The van der Waals surface area contributed by atoms with E-state index in [2.05, 4.69) is 15.6 Å². The number of hydrogen-bond donors (Lipinski definition) is 2. The maximum Gasteiger partial charge on any atom is 0.445 e. The Morgan fingerprint density at radius 2 is 1.96 bits per heavy atom. The summed E-state index contributed by atoms with van der Waals surface area (Å²) >= 11 is 0. The quantitative estimate of drug-likeness (QED) is 0.618. The van der Waals surface area contributed by atoms with Crippen molar-refractivity contribution in [2.24, 2.45) is 5.10 Å². The molecule has 11 heteroatoms. The van der Waals surface area contributed by atoms with Gasteiger partial charge in [-0.15, -0.1) is 0 Å². The van der Waals surface area contributed by atoms with Crippen LogP contribution < -0.4 is 5.43 Å². The minimum atomic E-state index is -5.36. The molecule has 142 valence electrons. The van der Waals surface area contributed by atoms with Crippen LogP contribution in [0.15, 0.2) is 41.6 Å². The lowest BCUT2D eigenvalue weighted by Gasteiger charge is -2.34. The maximum absolute atomic E-state index is 13.8. The highest BCUT2D eigenvalue weighted by Crippen LogP contribution is 2.41. The maximum atomic E-state index is 13.8. The molecule has 0 aliphatic carbocycles. The van der Waals surface area contributed by atoms with E-state index in [1.54, 1.807) is 6.07 Å². The second-order valence-electron chi connectivity index (χ2n) is 5.48. The minimum absolute atomic E-state index is 0.0198. The zero-order valence-electron chi connectivity index (χ0n) is 13.8. The highest BCUT2D eigenvalue weighted by Gasteiger charge is 2.64. The van der Waals surface area contributed by atoms with Crippen molar-refractivity contribution >= 4 is 23.3 Å². The number of Topliss-reactive ketones (excluding diaryl/α,β-unsaturated/α-hetero) is 1. The minimum Gasteiger partial charge on any atom is -0.462 e. The highest BCUT2D eigenvalue weighted by atomic mass is 19.4. The number of benzene rings is 1. The molecule has 0 spiro atoms. The van der Waals surface area contributed by atoms with Crippen molar-refractivity contribution in [1.29, 1.82) is 0 Å². The molecule has 1 unspecified atom stereocenters. The van der Waals surface area contributed by atoms with Crippen LogP contribution in [0.25, 0.3) is 0 Å². The number of ether oxygens (including phenoxy) is 1. The molecule has 1 atom stereocenters. The molecule has 0 amide bonds. The van der Waals surface area contributed by atoms with Gasteiger partial charge >= 0.3 is 17.9 Å². The Balaban J connectivity index is 2.14. The molecule has 0 saturated carbocycles. The number of aliphatic hydroxyl groups is 1. The van der Waals surface area contributed by atoms with Crippen LogP contribution in [0.3, 0.4) is 0 Å². The predicted octanol–water partition coefficient (Wildman–Crippen LogP) is 1.93. The molecule has 0 saturated heterocycles. The van der Waals surface area contributed by atoms with Crippen LogP contribution in [0.5, 0.6) is 0 Å². The standard InChI is InChI=1S/C16H13F3N4O4/c1-2-27-14(25)10-8-20-23-13(10)22-21-12(15(23,26)16(17,18)19)11(24)9-6-4-3-5-7-9/h3-8,22,26H,2H2,1H3. The van der Waals surface area contributed by atoms with Crippen LogP contribution in [0.2, 0.25) is 0 Å². The topological polar surface area (TPSA) is 106 Å². The lowest BCUT2D eigenvalue weighted by Crippen LogP contribution is -2.59. The van der Waals surface area contributed by atoms with Crippen LogP contribution in [0.4, 0.5) is 19.0 Å². The first-order chi connectivity index (χ1) is 12.7. The van der Waals surface area contributed by atoms with Crippen LogP contribution >= 0.6 is 0 Å². The van der Waals surface area contributed by atoms with Gasteiger partial charge < -0.3 is 9.84 Å². The molecule has 27 heavy (non-hydrogen) atoms. The summed E-state index contributed by atoms with van der Waals surface area (Å²) in [6.07, 6.45) is -4.56. The smallest absolute Gasteiger partial charge is 0.445 e. The molecule has 8 nitrogen and oxygen atoms in total. The number of rotatable bonds is 4. The fourth-order valence-corrected chi connectivity index (χ4v) is 2.54. The van der Waals surface area contributed by atoms with E-state index in [1.807, 2.05) is 0 Å². The van der Waals surface area contributed by atoms with E-state index >= 15 is 0 Å². The molecule has 1 aliphatic rings. The van der Waals surface area contributed by atoms with Gasteiger partial charge in [0.05, 0.1) is 12.8 Å². The summed E-state index contributed by atoms with van der Waals surface area (Å²) in [5.74, 6) is -2.65. The third-order valence-electron chi connectivity index (χ3n) is 3.82. The second kappa shape index (κ2) is 6.50. The van der Waals surface area contributed by atoms with Gasteiger partial charge in [0.2, 0.25) is 5.78 Å². The summed E-state index contributed by atoms with van der Waals surface area (Å²) in [4.78, 5) is 24.4. The van der Waals surface area contributed by atoms with E-state index in [0.717, 1.165) is 6.20 Å². The molecule has 1 aromatic carbocycles. The molecule has 2 N–H and O–H groups in total. The predicted molar refractivity (Wildman–Crippen MR) is 86.3 cm³/mol. The zero-order chi connectivity index (χ0) is 19.8. The van der Waals surface area contributed by atoms with E-state index in [-0.39, 0.29) is 22.4 Å². The van der Waals surface area contributed by atoms with Crippen LogP contribution in [0.1, 0.15) is 27.6 Å². The van der Waals surface area contributed by atoms with E-state index in [1.165, 1.54) is 31.2 Å². The fourth-order valence-electron chi connectivity index (χ4n) is 2.54. The summed E-state index contributed by atoms with van der Waals surface area (Å²) in [6, 6.07) is 7.04. The molecular formula is C16H13F3N4O4. The number of aromatic nitrogens is 2. The normalized spacial score (nSPS) is 18.9. The average molecular weight is 382 g/mol. The van der Waals surface area contributed by atoms with Crippen molar-refractivity contribution in [3.63, 3.8) is 0 Å². The molecule has 1 aliphatic heterocycles.